The summed E-state index contributed by atoms with van der Waals surface area (Å²) in [6, 6.07) is 7.02. The van der Waals surface area contributed by atoms with E-state index >= 15 is 0 Å². The number of likely N-dealkylation sites (tertiary alicyclic amines) is 1. The van der Waals surface area contributed by atoms with E-state index in [1.54, 1.807) is 24.3 Å². The molecule has 1 saturated heterocycles. The lowest BCUT2D eigenvalue weighted by molar-refractivity contribution is -0.136. The molecule has 1 aliphatic heterocycles. The zero-order valence-electron chi connectivity index (χ0n) is 12.7. The summed E-state index contributed by atoms with van der Waals surface area (Å²) in [7, 11) is -1.50. The summed E-state index contributed by atoms with van der Waals surface area (Å²) >= 11 is 0. The zero-order valence-corrected chi connectivity index (χ0v) is 13.5. The van der Waals surface area contributed by atoms with Crippen molar-refractivity contribution in [2.24, 2.45) is 0 Å². The second-order valence-corrected chi connectivity index (χ2v) is 7.32. The van der Waals surface area contributed by atoms with E-state index in [2.05, 4.69) is 0 Å². The van der Waals surface area contributed by atoms with Crippen LogP contribution in [0, 0.1) is 0 Å². The highest BCUT2D eigenvalue weighted by Crippen LogP contribution is 2.15. The molecule has 1 aromatic carbocycles. The van der Waals surface area contributed by atoms with Gasteiger partial charge in [-0.3, -0.25) is 13.8 Å². The Morgan fingerprint density at radius 2 is 1.95 bits per heavy atom. The fourth-order valence-corrected chi connectivity index (χ4v) is 3.46. The molecule has 0 saturated carbocycles. The van der Waals surface area contributed by atoms with E-state index in [-0.39, 0.29) is 11.7 Å². The Bertz CT molecular complexity index is 581. The predicted molar refractivity (Wildman–Crippen MR) is 85.1 cm³/mol. The molecule has 0 aromatic heterocycles. The maximum absolute atomic E-state index is 12.4. The standard InChI is InChI=1S/C16H21NO4S/c1-12(16(19)20)22(21)11-13-6-5-7-14(10-13)15(18)17-8-3-2-4-9-17/h5-7,10,12H,2-4,8-9,11H2,1H3,(H,19,20)/t12-,22-/m0/s1. The van der Waals surface area contributed by atoms with Crippen LogP contribution < -0.4 is 0 Å². The van der Waals surface area contributed by atoms with Crippen LogP contribution >= 0.6 is 0 Å². The summed E-state index contributed by atoms with van der Waals surface area (Å²) in [4.78, 5) is 25.1. The third-order valence-electron chi connectivity index (χ3n) is 3.87. The molecule has 1 fully saturated rings. The summed E-state index contributed by atoms with van der Waals surface area (Å²) < 4.78 is 12.0. The lowest BCUT2D eigenvalue weighted by atomic mass is 10.1. The minimum Gasteiger partial charge on any atom is -0.480 e. The van der Waals surface area contributed by atoms with Gasteiger partial charge in [-0.05, 0) is 43.9 Å². The van der Waals surface area contributed by atoms with Crippen molar-refractivity contribution in [1.82, 2.24) is 4.90 Å². The minimum absolute atomic E-state index is 0.00128. The van der Waals surface area contributed by atoms with Gasteiger partial charge in [0.05, 0.1) is 0 Å². The van der Waals surface area contributed by atoms with E-state index in [4.69, 9.17) is 5.11 Å². The molecule has 1 heterocycles. The molecular formula is C16H21NO4S. The average Bonchev–Trinajstić information content (AvgIpc) is 2.54. The van der Waals surface area contributed by atoms with Crippen LogP contribution in [-0.4, -0.2) is 44.4 Å². The number of aliphatic carboxylic acids is 1. The highest BCUT2D eigenvalue weighted by atomic mass is 32.2. The number of carboxylic acids is 1. The molecule has 6 heteroatoms. The molecule has 0 bridgehead atoms. The molecule has 1 amide bonds. The first kappa shape index (κ1) is 16.7. The molecule has 2 rings (SSSR count). The molecule has 0 radical (unpaired) electrons. The van der Waals surface area contributed by atoms with Gasteiger partial charge in [0.2, 0.25) is 0 Å². The van der Waals surface area contributed by atoms with Gasteiger partial charge in [-0.2, -0.15) is 0 Å². The Kier molecular flexibility index (Phi) is 5.71. The van der Waals surface area contributed by atoms with E-state index in [0.717, 1.165) is 37.9 Å². The second kappa shape index (κ2) is 7.54. The molecule has 1 aromatic rings. The molecule has 120 valence electrons. The molecule has 5 nitrogen and oxygen atoms in total. The van der Waals surface area contributed by atoms with Crippen molar-refractivity contribution >= 4 is 22.7 Å². The first-order valence-electron chi connectivity index (χ1n) is 7.47. The third-order valence-corrected chi connectivity index (χ3v) is 5.48. The number of rotatable bonds is 5. The Hall–Kier alpha value is -1.69. The Morgan fingerprint density at radius 1 is 1.27 bits per heavy atom. The Balaban J connectivity index is 2.07. The number of amides is 1. The number of nitrogens with zero attached hydrogens (tertiary/aromatic N) is 1. The number of carbonyl (C=O) groups excluding carboxylic acids is 1. The van der Waals surface area contributed by atoms with E-state index in [1.165, 1.54) is 6.92 Å². The van der Waals surface area contributed by atoms with Crippen molar-refractivity contribution in [2.45, 2.75) is 37.2 Å². The van der Waals surface area contributed by atoms with Crippen LogP contribution in [0.4, 0.5) is 0 Å². The summed E-state index contributed by atoms with van der Waals surface area (Å²) in [6.07, 6.45) is 3.23. The fraction of sp³-hybridized carbons (Fsp3) is 0.500. The summed E-state index contributed by atoms with van der Waals surface area (Å²) in [5.74, 6) is -0.924. The van der Waals surface area contributed by atoms with Crippen molar-refractivity contribution in [3.05, 3.63) is 35.4 Å². The van der Waals surface area contributed by atoms with Gasteiger partial charge >= 0.3 is 5.97 Å². The van der Waals surface area contributed by atoms with Gasteiger partial charge in [-0.1, -0.05) is 12.1 Å². The largest absolute Gasteiger partial charge is 0.480 e. The molecule has 1 N–H and O–H groups in total. The number of carboxylic acid groups (broad SMARTS) is 1. The minimum atomic E-state index is -1.50. The quantitative estimate of drug-likeness (QED) is 0.900. The fourth-order valence-electron chi connectivity index (χ4n) is 2.48. The molecule has 1 aliphatic rings. The summed E-state index contributed by atoms with van der Waals surface area (Å²) in [5, 5.41) is 7.97. The summed E-state index contributed by atoms with van der Waals surface area (Å²) in [5.41, 5.74) is 1.31. The number of hydrogen-bond donors (Lipinski definition) is 1. The molecule has 2 atom stereocenters. The SMILES string of the molecule is C[C@@H](C(=O)O)[S@@](=O)Cc1cccc(C(=O)N2CCCCC2)c1. The van der Waals surface area contributed by atoms with Crippen molar-refractivity contribution in [3.8, 4) is 0 Å². The van der Waals surface area contributed by atoms with Gasteiger partial charge < -0.3 is 10.0 Å². The van der Waals surface area contributed by atoms with Crippen LogP contribution in [0.15, 0.2) is 24.3 Å². The highest BCUT2D eigenvalue weighted by Gasteiger charge is 2.21. The van der Waals surface area contributed by atoms with Crippen molar-refractivity contribution < 1.29 is 18.9 Å². The third kappa shape index (κ3) is 4.16. The predicted octanol–water partition coefficient (Wildman–Crippen LogP) is 2.03. The highest BCUT2D eigenvalue weighted by molar-refractivity contribution is 7.85. The molecule has 0 unspecified atom stereocenters. The van der Waals surface area contributed by atoms with Crippen molar-refractivity contribution in [3.63, 3.8) is 0 Å². The van der Waals surface area contributed by atoms with Crippen LogP contribution in [-0.2, 0) is 21.3 Å². The van der Waals surface area contributed by atoms with Gasteiger partial charge in [-0.15, -0.1) is 0 Å². The van der Waals surface area contributed by atoms with Crippen molar-refractivity contribution in [2.75, 3.05) is 13.1 Å². The van der Waals surface area contributed by atoms with Crippen LogP contribution in [0.1, 0.15) is 42.1 Å². The number of hydrogen-bond acceptors (Lipinski definition) is 3. The number of piperidine rings is 1. The van der Waals surface area contributed by atoms with Crippen LogP contribution in [0.5, 0.6) is 0 Å². The van der Waals surface area contributed by atoms with Gasteiger partial charge in [0, 0.05) is 35.2 Å². The topological polar surface area (TPSA) is 74.7 Å². The van der Waals surface area contributed by atoms with Crippen LogP contribution in [0.2, 0.25) is 0 Å². The first-order chi connectivity index (χ1) is 10.5. The van der Waals surface area contributed by atoms with E-state index < -0.39 is 22.0 Å². The molecular weight excluding hydrogens is 302 g/mol. The lowest BCUT2D eigenvalue weighted by Gasteiger charge is -2.26. The van der Waals surface area contributed by atoms with Gasteiger partial charge in [0.15, 0.2) is 0 Å². The zero-order chi connectivity index (χ0) is 16.1. The molecule has 22 heavy (non-hydrogen) atoms. The Labute approximate surface area is 132 Å². The van der Waals surface area contributed by atoms with Gasteiger partial charge in [0.25, 0.3) is 5.91 Å². The van der Waals surface area contributed by atoms with Crippen LogP contribution in [0.3, 0.4) is 0 Å². The smallest absolute Gasteiger partial charge is 0.318 e. The lowest BCUT2D eigenvalue weighted by Crippen LogP contribution is -2.35. The van der Waals surface area contributed by atoms with E-state index in [9.17, 15) is 13.8 Å². The maximum atomic E-state index is 12.4. The molecule has 0 spiro atoms. The van der Waals surface area contributed by atoms with E-state index in [0.29, 0.717) is 5.56 Å². The van der Waals surface area contributed by atoms with Gasteiger partial charge in [0.1, 0.15) is 5.25 Å². The number of benzene rings is 1. The second-order valence-electron chi connectivity index (χ2n) is 5.56. The normalized spacial score (nSPS) is 17.8. The van der Waals surface area contributed by atoms with Crippen LogP contribution in [0.25, 0.3) is 0 Å². The summed E-state index contributed by atoms with van der Waals surface area (Å²) in [6.45, 7) is 3.00. The Morgan fingerprint density at radius 3 is 2.59 bits per heavy atom. The molecule has 0 aliphatic carbocycles. The monoisotopic (exact) mass is 323 g/mol. The van der Waals surface area contributed by atoms with Crippen molar-refractivity contribution in [1.29, 1.82) is 0 Å². The first-order valence-corrected chi connectivity index (χ1v) is 8.85. The maximum Gasteiger partial charge on any atom is 0.318 e. The number of carbonyl (C=O) groups is 2. The average molecular weight is 323 g/mol. The van der Waals surface area contributed by atoms with Gasteiger partial charge in [-0.25, -0.2) is 0 Å². The van der Waals surface area contributed by atoms with E-state index in [1.807, 2.05) is 4.90 Å².